The largest absolute Gasteiger partial charge is 0.396 e. The number of amides is 5. The first-order chi connectivity index (χ1) is 41.4. The summed E-state index contributed by atoms with van der Waals surface area (Å²) in [7, 11) is 3.48. The van der Waals surface area contributed by atoms with Gasteiger partial charge in [-0.05, 0) is 139 Å². The molecule has 0 saturated carbocycles. The molecule has 458 valence electrons. The molecule has 6 heterocycles. The van der Waals surface area contributed by atoms with Gasteiger partial charge in [0.25, 0.3) is 0 Å². The molecule has 3 aromatic carbocycles. The quantitative estimate of drug-likeness (QED) is 0.0325. The average Bonchev–Trinajstić information content (AvgIpc) is 4.30. The van der Waals surface area contributed by atoms with Gasteiger partial charge in [0.15, 0.2) is 0 Å². The van der Waals surface area contributed by atoms with Gasteiger partial charge < -0.3 is 47.0 Å². The van der Waals surface area contributed by atoms with Gasteiger partial charge >= 0.3 is 0 Å². The van der Waals surface area contributed by atoms with Crippen molar-refractivity contribution in [3.05, 3.63) is 131 Å². The Kier molecular flexibility index (Phi) is 22.4. The maximum atomic E-state index is 14.4. The molecule has 5 aromatic rings. The normalized spacial score (nSPS) is 23.8. The van der Waals surface area contributed by atoms with Gasteiger partial charge in [-0.15, -0.1) is 10.2 Å². The summed E-state index contributed by atoms with van der Waals surface area (Å²) >= 11 is 0. The third-order valence-corrected chi connectivity index (χ3v) is 18.5. The summed E-state index contributed by atoms with van der Waals surface area (Å²) in [6.07, 6.45) is 16.1. The van der Waals surface area contributed by atoms with Crippen LogP contribution < -0.4 is 31.9 Å². The van der Waals surface area contributed by atoms with Gasteiger partial charge in [-0.3, -0.25) is 38.2 Å². The van der Waals surface area contributed by atoms with Crippen LogP contribution in [-0.2, 0) is 49.9 Å². The third kappa shape index (κ3) is 15.6. The van der Waals surface area contributed by atoms with Crippen LogP contribution in [0.2, 0.25) is 0 Å². The predicted octanol–water partition coefficient (Wildman–Crippen LogP) is 4.29. The highest BCUT2D eigenvalue weighted by Gasteiger charge is 2.48. The zero-order valence-electron chi connectivity index (χ0n) is 50.0. The molecule has 0 unspecified atom stereocenters. The van der Waals surface area contributed by atoms with Gasteiger partial charge in [0, 0.05) is 62.8 Å². The number of likely N-dealkylation sites (N-methyl/N-ethyl adjacent to an activating group) is 2. The van der Waals surface area contributed by atoms with Crippen molar-refractivity contribution in [1.82, 2.24) is 71.7 Å². The Bertz CT molecular complexity index is 2940. The van der Waals surface area contributed by atoms with Gasteiger partial charge in [0.1, 0.15) is 23.5 Å². The second-order valence-corrected chi connectivity index (χ2v) is 23.8. The molecule has 0 bridgehead atoms. The Labute approximate surface area is 500 Å². The van der Waals surface area contributed by atoms with E-state index >= 15 is 0 Å². The number of benzene rings is 3. The van der Waals surface area contributed by atoms with E-state index in [0.717, 1.165) is 68.9 Å². The lowest BCUT2D eigenvalue weighted by molar-refractivity contribution is -0.144. The molecule has 21 nitrogen and oxygen atoms in total. The zero-order valence-corrected chi connectivity index (χ0v) is 50.0. The first-order valence-electron chi connectivity index (χ1n) is 31.3. The van der Waals surface area contributed by atoms with Crippen molar-refractivity contribution in [3.63, 3.8) is 0 Å². The fraction of sp³-hybridized carbons (Fsp3) is 0.578. The number of hydrogen-bond donors (Lipinski definition) is 8. The summed E-state index contributed by atoms with van der Waals surface area (Å²) in [4.78, 5) is 73.3. The number of carbonyl (C=O) groups is 5. The Balaban J connectivity index is 0.735. The lowest BCUT2D eigenvalue weighted by atomic mass is 9.93. The molecule has 4 aliphatic heterocycles. The van der Waals surface area contributed by atoms with Gasteiger partial charge in [-0.1, -0.05) is 109 Å². The van der Waals surface area contributed by atoms with Crippen LogP contribution in [0.5, 0.6) is 0 Å². The number of aryl methyl sites for hydroxylation is 4. The van der Waals surface area contributed by atoms with Crippen LogP contribution in [0.3, 0.4) is 0 Å². The van der Waals surface area contributed by atoms with Crippen molar-refractivity contribution in [2.75, 3.05) is 33.9 Å². The fourth-order valence-electron chi connectivity index (χ4n) is 13.4. The summed E-state index contributed by atoms with van der Waals surface area (Å²) in [5, 5.41) is 57.6. The third-order valence-electron chi connectivity index (χ3n) is 18.5. The van der Waals surface area contributed by atoms with Crippen LogP contribution in [0.1, 0.15) is 149 Å². The number of fused-ring (bicyclic) bond motifs is 2. The number of hydrogen-bond acceptors (Lipinski definition) is 14. The van der Waals surface area contributed by atoms with Crippen LogP contribution >= 0.6 is 0 Å². The van der Waals surface area contributed by atoms with Gasteiger partial charge in [0.05, 0.1) is 42.6 Å². The number of carbonyl (C=O) groups excluding carboxylic acids is 5. The average molecular weight is 1170 g/mol. The number of aliphatic hydroxyl groups is 2. The monoisotopic (exact) mass is 1170 g/mol. The molecule has 4 fully saturated rings. The summed E-state index contributed by atoms with van der Waals surface area (Å²) in [6.45, 7) is 5.44. The van der Waals surface area contributed by atoms with Gasteiger partial charge in [-0.2, -0.15) is 0 Å². The topological polar surface area (TPSA) is 266 Å². The summed E-state index contributed by atoms with van der Waals surface area (Å²) < 4.78 is 3.69. The lowest BCUT2D eigenvalue weighted by Gasteiger charge is -2.33. The Morgan fingerprint density at radius 2 is 1.05 bits per heavy atom. The molecule has 9 rings (SSSR count). The van der Waals surface area contributed by atoms with Crippen molar-refractivity contribution >= 4 is 29.5 Å². The Morgan fingerprint density at radius 3 is 1.56 bits per heavy atom. The van der Waals surface area contributed by atoms with Gasteiger partial charge in [-0.25, -0.2) is 0 Å². The van der Waals surface area contributed by atoms with Crippen LogP contribution in [0, 0.1) is 11.8 Å². The molecule has 85 heavy (non-hydrogen) atoms. The standard InChI is InChI=1S/C64H90N14O7/c1-5-50(65-3)60(81)67-52-39-77-48(29-27-46(52)40-79)31-33-55(77)62(83)68-57(44-19-9-7-10-20-44)53-37-75(73-71-53)35-15-13-17-42-23-25-43(26-24-42)18-14-16-36-76-38-54(72-74-76)58(45-21-11-8-12-22-45)69-63(84)56-34-32-49-30-28-47(41-80)59(64(85)78(49)56)70-61(82)51(6-2)66-4/h7-12,19-26,37-38,46-52,55-59,65-66,79-80H,5-6,13-18,27-36,39-41H2,1-4H3,(H,67,81)(H,68,83)(H,69,84)(H,70,82)/t46-,47-,48+,49+,50+,51+,52-,55+,56+,57+,58+,59+/m1/s1. The zero-order chi connectivity index (χ0) is 59.8. The molecule has 0 radical (unpaired) electrons. The number of nitrogens with one attached hydrogen (secondary N) is 6. The maximum absolute atomic E-state index is 14.4. The lowest BCUT2D eigenvalue weighted by Crippen LogP contribution is -2.58. The molecule has 4 aliphatic rings. The second kappa shape index (κ2) is 30.4. The minimum absolute atomic E-state index is 0.0186. The number of nitrogens with zero attached hydrogens (tertiary/aromatic N) is 8. The van der Waals surface area contributed by atoms with E-state index in [4.69, 9.17) is 0 Å². The SMILES string of the molecule is CC[C@H](NC)C(=O)N[C@@H]1C(=O)N2[C@@H](CC[C@@H]1CO)CC[C@H]2C(=O)N[C@@H](c1ccccc1)c1cn(CCCCc2ccc(CCCCn3cc([C@@H](NC(=O)[C@@H]4CC[C@@H]5CC[C@H](CO)[C@H](NC(=O)[C@H](CC)NC)CN54)c4ccccc4)nn3)cc2)nn1. The first kappa shape index (κ1) is 62.6. The Morgan fingerprint density at radius 1 is 0.576 bits per heavy atom. The van der Waals surface area contributed by atoms with E-state index in [1.54, 1.807) is 19.0 Å². The maximum Gasteiger partial charge on any atom is 0.246 e. The van der Waals surface area contributed by atoms with Crippen molar-refractivity contribution in [2.45, 2.75) is 190 Å². The molecular weight excluding hydrogens is 1080 g/mol. The predicted molar refractivity (Wildman–Crippen MR) is 322 cm³/mol. The summed E-state index contributed by atoms with van der Waals surface area (Å²) in [5.41, 5.74) is 5.57. The van der Waals surface area contributed by atoms with E-state index in [1.807, 2.05) is 96.3 Å². The summed E-state index contributed by atoms with van der Waals surface area (Å²) in [6, 6.07) is 24.2. The molecule has 4 saturated heterocycles. The van der Waals surface area contributed by atoms with Crippen molar-refractivity contribution < 1.29 is 34.2 Å². The number of aliphatic hydroxyl groups excluding tert-OH is 2. The number of aromatic nitrogens is 6. The van der Waals surface area contributed by atoms with E-state index in [1.165, 1.54) is 11.1 Å². The molecular formula is C64H90N14O7. The smallest absolute Gasteiger partial charge is 0.246 e. The van der Waals surface area contributed by atoms with Crippen LogP contribution in [0.4, 0.5) is 0 Å². The highest BCUT2D eigenvalue weighted by Crippen LogP contribution is 2.36. The molecule has 2 aromatic heterocycles. The molecule has 5 amide bonds. The minimum atomic E-state index is -0.934. The summed E-state index contributed by atoms with van der Waals surface area (Å²) in [5.74, 6) is -1.62. The van der Waals surface area contributed by atoms with E-state index in [9.17, 15) is 34.2 Å². The molecule has 21 heteroatoms. The van der Waals surface area contributed by atoms with Crippen LogP contribution in [-0.4, -0.2) is 162 Å². The van der Waals surface area contributed by atoms with Crippen molar-refractivity contribution in [3.8, 4) is 0 Å². The number of unbranched alkanes of at least 4 members (excludes halogenated alkanes) is 2. The highest BCUT2D eigenvalue weighted by molar-refractivity contribution is 5.94. The van der Waals surface area contributed by atoms with Crippen molar-refractivity contribution in [2.24, 2.45) is 11.8 Å². The van der Waals surface area contributed by atoms with Crippen LogP contribution in [0.25, 0.3) is 0 Å². The Hall–Kier alpha value is -6.91. The van der Waals surface area contributed by atoms with Gasteiger partial charge in [0.2, 0.25) is 29.5 Å². The molecule has 12 atom stereocenters. The van der Waals surface area contributed by atoms with Crippen molar-refractivity contribution in [1.29, 1.82) is 0 Å². The van der Waals surface area contributed by atoms with Crippen LogP contribution in [0.15, 0.2) is 97.3 Å². The number of rotatable bonds is 28. The fourth-order valence-corrected chi connectivity index (χ4v) is 13.4. The molecule has 8 N–H and O–H groups in total. The molecule has 0 aliphatic carbocycles. The van der Waals surface area contributed by atoms with E-state index in [2.05, 4.69) is 81.7 Å². The second-order valence-electron chi connectivity index (χ2n) is 23.8. The molecule has 0 spiro atoms. The van der Waals surface area contributed by atoms with E-state index in [0.29, 0.717) is 76.0 Å². The minimum Gasteiger partial charge on any atom is -0.396 e. The first-order valence-corrected chi connectivity index (χ1v) is 31.3. The van der Waals surface area contributed by atoms with E-state index < -0.39 is 36.1 Å². The highest BCUT2D eigenvalue weighted by atomic mass is 16.3. The van der Waals surface area contributed by atoms with E-state index in [-0.39, 0.29) is 78.9 Å².